The average molecular weight is 361 g/mol. The van der Waals surface area contributed by atoms with Gasteiger partial charge in [-0.1, -0.05) is 12.1 Å². The lowest BCUT2D eigenvalue weighted by Crippen LogP contribution is -2.41. The van der Waals surface area contributed by atoms with Crippen LogP contribution < -0.4 is 0 Å². The summed E-state index contributed by atoms with van der Waals surface area (Å²) in [6, 6.07) is 6.96. The number of hydrogen-bond acceptors (Lipinski definition) is 6. The van der Waals surface area contributed by atoms with Crippen LogP contribution in [0.3, 0.4) is 0 Å². The fraction of sp³-hybridized carbons (Fsp3) is 0.389. The summed E-state index contributed by atoms with van der Waals surface area (Å²) in [4.78, 5) is 28.1. The highest BCUT2D eigenvalue weighted by molar-refractivity contribution is 7.10. The average Bonchev–Trinajstić information content (AvgIpc) is 3.13. The maximum Gasteiger partial charge on any atom is 0.338 e. The molecule has 3 rings (SSSR count). The molecule has 7 heteroatoms. The van der Waals surface area contributed by atoms with E-state index in [4.69, 9.17) is 9.47 Å². The summed E-state index contributed by atoms with van der Waals surface area (Å²) < 4.78 is 10.3. The number of carbonyl (C=O) groups is 2. The zero-order valence-corrected chi connectivity index (χ0v) is 14.7. The van der Waals surface area contributed by atoms with Crippen LogP contribution in [-0.4, -0.2) is 41.8 Å². The Bertz CT molecular complexity index is 762. The lowest BCUT2D eigenvalue weighted by molar-refractivity contribution is -0.147. The highest BCUT2D eigenvalue weighted by Gasteiger charge is 2.44. The van der Waals surface area contributed by atoms with Crippen molar-refractivity contribution in [3.8, 4) is 11.3 Å². The first-order valence-corrected chi connectivity index (χ1v) is 8.99. The first-order chi connectivity index (χ1) is 12.1. The normalized spacial score (nSPS) is 16.4. The Kier molecular flexibility index (Phi) is 5.15. The quantitative estimate of drug-likeness (QED) is 0.824. The van der Waals surface area contributed by atoms with Crippen LogP contribution in [0.2, 0.25) is 0 Å². The van der Waals surface area contributed by atoms with Crippen molar-refractivity contribution in [2.24, 2.45) is 0 Å². The number of carbonyl (C=O) groups excluding carboxylic acids is 1. The minimum Gasteiger partial charge on any atom is -0.481 e. The van der Waals surface area contributed by atoms with Gasteiger partial charge in [-0.15, -0.1) is 11.3 Å². The minimum atomic E-state index is -0.966. The van der Waals surface area contributed by atoms with Crippen LogP contribution in [0.15, 0.2) is 29.6 Å². The second-order valence-corrected chi connectivity index (χ2v) is 6.69. The van der Waals surface area contributed by atoms with Crippen molar-refractivity contribution < 1.29 is 24.2 Å². The number of carboxylic acids is 1. The lowest BCUT2D eigenvalue weighted by Gasteiger charge is -2.31. The van der Waals surface area contributed by atoms with Gasteiger partial charge in [-0.2, -0.15) is 0 Å². The first kappa shape index (κ1) is 17.6. The number of esters is 1. The molecule has 1 aromatic heterocycles. The van der Waals surface area contributed by atoms with E-state index in [1.54, 1.807) is 31.2 Å². The number of rotatable bonds is 5. The van der Waals surface area contributed by atoms with E-state index in [-0.39, 0.29) is 5.97 Å². The second-order valence-electron chi connectivity index (χ2n) is 5.84. The summed E-state index contributed by atoms with van der Waals surface area (Å²) in [5.74, 6) is -1.21. The van der Waals surface area contributed by atoms with Crippen molar-refractivity contribution in [3.05, 3.63) is 40.2 Å². The molecule has 132 valence electrons. The first-order valence-electron chi connectivity index (χ1n) is 8.11. The molecule has 0 spiro atoms. The fourth-order valence-corrected chi connectivity index (χ4v) is 3.94. The van der Waals surface area contributed by atoms with Crippen LogP contribution in [-0.2, 0) is 19.7 Å². The summed E-state index contributed by atoms with van der Waals surface area (Å²) in [7, 11) is 0. The molecule has 0 atom stereocenters. The summed E-state index contributed by atoms with van der Waals surface area (Å²) in [6.45, 7) is 2.94. The van der Waals surface area contributed by atoms with E-state index >= 15 is 0 Å². The second kappa shape index (κ2) is 7.33. The molecule has 0 bridgehead atoms. The maximum absolute atomic E-state index is 11.9. The number of benzene rings is 1. The number of ether oxygens (including phenoxy) is 2. The third kappa shape index (κ3) is 3.43. The van der Waals surface area contributed by atoms with Crippen molar-refractivity contribution >= 4 is 23.3 Å². The monoisotopic (exact) mass is 361 g/mol. The van der Waals surface area contributed by atoms with Crippen LogP contribution in [0.25, 0.3) is 11.3 Å². The molecule has 0 unspecified atom stereocenters. The Balaban J connectivity index is 1.85. The molecule has 1 saturated heterocycles. The molecule has 1 aliphatic heterocycles. The summed E-state index contributed by atoms with van der Waals surface area (Å²) in [5.41, 5.74) is 1.06. The van der Waals surface area contributed by atoms with E-state index in [1.807, 2.05) is 5.38 Å². The zero-order chi connectivity index (χ0) is 17.9. The standard InChI is InChI=1S/C18H19NO5S/c1-2-24-15(20)13-5-3-12(4-6-13)14-11-25-16(19-14)18(17(21)22)7-9-23-10-8-18/h3-6,11H,2,7-10H2,1H3,(H,21,22). The summed E-state index contributed by atoms with van der Waals surface area (Å²) in [5, 5.41) is 12.2. The van der Waals surface area contributed by atoms with E-state index in [1.165, 1.54) is 11.3 Å². The highest BCUT2D eigenvalue weighted by Crippen LogP contribution is 2.38. The minimum absolute atomic E-state index is 0.330. The molecule has 0 radical (unpaired) electrons. The molecule has 6 nitrogen and oxygen atoms in total. The van der Waals surface area contributed by atoms with Crippen LogP contribution >= 0.6 is 11.3 Å². The van der Waals surface area contributed by atoms with Crippen molar-refractivity contribution in [3.63, 3.8) is 0 Å². The van der Waals surface area contributed by atoms with E-state index in [2.05, 4.69) is 4.98 Å². The maximum atomic E-state index is 11.9. The van der Waals surface area contributed by atoms with E-state index in [0.717, 1.165) is 5.56 Å². The van der Waals surface area contributed by atoms with Gasteiger partial charge >= 0.3 is 11.9 Å². The number of hydrogen-bond donors (Lipinski definition) is 1. The van der Waals surface area contributed by atoms with Gasteiger partial charge < -0.3 is 14.6 Å². The Morgan fingerprint density at radius 1 is 1.28 bits per heavy atom. The van der Waals surface area contributed by atoms with Crippen LogP contribution in [0.1, 0.15) is 35.1 Å². The van der Waals surface area contributed by atoms with E-state index < -0.39 is 11.4 Å². The topological polar surface area (TPSA) is 85.7 Å². The lowest BCUT2D eigenvalue weighted by atomic mass is 9.81. The van der Waals surface area contributed by atoms with Gasteiger partial charge in [0.2, 0.25) is 0 Å². The van der Waals surface area contributed by atoms with Gasteiger partial charge in [0.1, 0.15) is 10.4 Å². The molecule has 2 aromatic rings. The van der Waals surface area contributed by atoms with Crippen LogP contribution in [0.4, 0.5) is 0 Å². The Morgan fingerprint density at radius 3 is 2.56 bits per heavy atom. The van der Waals surface area contributed by atoms with Crippen molar-refractivity contribution in [1.82, 2.24) is 4.98 Å². The smallest absolute Gasteiger partial charge is 0.338 e. The molecule has 0 saturated carbocycles. The fourth-order valence-electron chi connectivity index (χ4n) is 2.86. The highest BCUT2D eigenvalue weighted by atomic mass is 32.1. The number of thiazole rings is 1. The number of aliphatic carboxylic acids is 1. The Labute approximate surface area is 149 Å². The molecule has 0 amide bonds. The van der Waals surface area contributed by atoms with Gasteiger partial charge in [-0.05, 0) is 31.9 Å². The van der Waals surface area contributed by atoms with Crippen LogP contribution in [0, 0.1) is 0 Å². The molecule has 1 aromatic carbocycles. The predicted molar refractivity (Wildman–Crippen MR) is 92.9 cm³/mol. The molecule has 1 aliphatic rings. The molecule has 1 fully saturated rings. The zero-order valence-electron chi connectivity index (χ0n) is 13.9. The van der Waals surface area contributed by atoms with Gasteiger partial charge in [0, 0.05) is 24.2 Å². The van der Waals surface area contributed by atoms with Gasteiger partial charge in [-0.25, -0.2) is 9.78 Å². The third-order valence-corrected chi connectivity index (χ3v) is 5.41. The van der Waals surface area contributed by atoms with Crippen molar-refractivity contribution in [2.75, 3.05) is 19.8 Å². The number of nitrogens with zero attached hydrogens (tertiary/aromatic N) is 1. The van der Waals surface area contributed by atoms with Crippen molar-refractivity contribution in [2.45, 2.75) is 25.2 Å². The number of aromatic nitrogens is 1. The van der Waals surface area contributed by atoms with E-state index in [9.17, 15) is 14.7 Å². The van der Waals surface area contributed by atoms with Gasteiger partial charge in [-0.3, -0.25) is 4.79 Å². The molecule has 0 aliphatic carbocycles. The molecular weight excluding hydrogens is 342 g/mol. The van der Waals surface area contributed by atoms with Crippen LogP contribution in [0.5, 0.6) is 0 Å². The predicted octanol–water partition coefficient (Wildman–Crippen LogP) is 3.12. The van der Waals surface area contributed by atoms with Gasteiger partial charge in [0.15, 0.2) is 0 Å². The van der Waals surface area contributed by atoms with Gasteiger partial charge in [0.05, 0.1) is 17.9 Å². The summed E-state index contributed by atoms with van der Waals surface area (Å²) >= 11 is 1.36. The van der Waals surface area contributed by atoms with Gasteiger partial charge in [0.25, 0.3) is 0 Å². The van der Waals surface area contributed by atoms with E-state index in [0.29, 0.717) is 48.9 Å². The Hall–Kier alpha value is -2.25. The SMILES string of the molecule is CCOC(=O)c1ccc(-c2csc(C3(C(=O)O)CCOCC3)n2)cc1. The third-order valence-electron chi connectivity index (χ3n) is 4.36. The summed E-state index contributed by atoms with van der Waals surface area (Å²) in [6.07, 6.45) is 0.855. The molecule has 2 heterocycles. The number of carboxylic acid groups (broad SMARTS) is 1. The molecule has 1 N–H and O–H groups in total. The largest absolute Gasteiger partial charge is 0.481 e. The Morgan fingerprint density at radius 2 is 1.96 bits per heavy atom. The van der Waals surface area contributed by atoms with Crippen molar-refractivity contribution in [1.29, 1.82) is 0 Å². The molecule has 25 heavy (non-hydrogen) atoms. The molecular formula is C18H19NO5S.